The average Bonchev–Trinajstić information content (AvgIpc) is 2.14. The summed E-state index contributed by atoms with van der Waals surface area (Å²) in [6.07, 6.45) is 0. The predicted octanol–water partition coefficient (Wildman–Crippen LogP) is 1.33. The molecule has 0 amide bonds. The molecule has 2 unspecified atom stereocenters. The molecule has 0 aliphatic carbocycles. The molecule has 5 nitrogen and oxygen atoms in total. The number of non-ortho nitro benzene ring substituents is 1. The van der Waals surface area contributed by atoms with Crippen LogP contribution in [0.3, 0.4) is 0 Å². The second-order valence-electron chi connectivity index (χ2n) is 3.80. The summed E-state index contributed by atoms with van der Waals surface area (Å²) in [4.78, 5) is 9.83. The second kappa shape index (κ2) is 5.83. The van der Waals surface area contributed by atoms with Crippen LogP contribution in [-0.4, -0.2) is 20.9 Å². The second-order valence-corrected chi connectivity index (χ2v) is 5.30. The van der Waals surface area contributed by atoms with Crippen LogP contribution >= 0.6 is 0 Å². The highest BCUT2D eigenvalue weighted by molar-refractivity contribution is 7.84. The van der Waals surface area contributed by atoms with Crippen molar-refractivity contribution >= 4 is 16.5 Å². The molecule has 0 aromatic heterocycles. The van der Waals surface area contributed by atoms with Gasteiger partial charge in [0, 0.05) is 34.4 Å². The van der Waals surface area contributed by atoms with Gasteiger partial charge in [-0.3, -0.25) is 14.3 Å². The van der Waals surface area contributed by atoms with Gasteiger partial charge in [-0.05, 0) is 18.6 Å². The zero-order valence-corrected chi connectivity index (χ0v) is 10.1. The lowest BCUT2D eigenvalue weighted by atomic mass is 10.2. The zero-order chi connectivity index (χ0) is 13.0. The topological polar surface area (TPSA) is 86.2 Å². The van der Waals surface area contributed by atoms with Crippen molar-refractivity contribution in [3.05, 3.63) is 39.7 Å². The summed E-state index contributed by atoms with van der Waals surface area (Å²) in [5.41, 5.74) is 5.49. The quantitative estimate of drug-likeness (QED) is 0.639. The van der Waals surface area contributed by atoms with Crippen LogP contribution in [0, 0.1) is 15.9 Å². The van der Waals surface area contributed by atoms with Crippen LogP contribution in [0.4, 0.5) is 10.1 Å². The van der Waals surface area contributed by atoms with Gasteiger partial charge in [-0.15, -0.1) is 0 Å². The van der Waals surface area contributed by atoms with E-state index in [0.29, 0.717) is 5.56 Å². The first-order valence-electron chi connectivity index (χ1n) is 4.93. The van der Waals surface area contributed by atoms with Gasteiger partial charge >= 0.3 is 0 Å². The Morgan fingerprint density at radius 3 is 2.71 bits per heavy atom. The number of nitrogens with two attached hydrogens (primary N) is 1. The number of nitrogens with zero attached hydrogens (tertiary/aromatic N) is 1. The van der Waals surface area contributed by atoms with E-state index in [1.165, 1.54) is 6.07 Å². The van der Waals surface area contributed by atoms with Gasteiger partial charge < -0.3 is 5.73 Å². The maximum atomic E-state index is 13.1. The summed E-state index contributed by atoms with van der Waals surface area (Å²) < 4.78 is 24.6. The standard InChI is InChI=1S/C10H13FN2O3S/c1-7(12)5-17(16)6-8-2-9(11)4-10(3-8)13(14)15/h2-4,7H,5-6,12H2,1H3. The van der Waals surface area contributed by atoms with Crippen molar-refractivity contribution in [2.24, 2.45) is 5.73 Å². The molecule has 1 aromatic carbocycles. The Morgan fingerprint density at radius 2 is 2.18 bits per heavy atom. The van der Waals surface area contributed by atoms with Crippen molar-refractivity contribution in [3.63, 3.8) is 0 Å². The number of hydrogen-bond donors (Lipinski definition) is 1. The van der Waals surface area contributed by atoms with E-state index < -0.39 is 21.5 Å². The summed E-state index contributed by atoms with van der Waals surface area (Å²) >= 11 is 0. The summed E-state index contributed by atoms with van der Waals surface area (Å²) in [6, 6.07) is 2.98. The van der Waals surface area contributed by atoms with Gasteiger partial charge in [0.1, 0.15) is 5.82 Å². The molecule has 0 aliphatic rings. The molecule has 0 saturated heterocycles. The molecule has 0 fully saturated rings. The van der Waals surface area contributed by atoms with Crippen LogP contribution in [0.2, 0.25) is 0 Å². The molecule has 1 rings (SSSR count). The summed E-state index contributed by atoms with van der Waals surface area (Å²) in [5, 5.41) is 10.5. The van der Waals surface area contributed by atoms with E-state index in [1.54, 1.807) is 6.92 Å². The predicted molar refractivity (Wildman–Crippen MR) is 63.4 cm³/mol. The molecule has 94 valence electrons. The van der Waals surface area contributed by atoms with Gasteiger partial charge in [0.15, 0.2) is 0 Å². The van der Waals surface area contributed by atoms with E-state index in [-0.39, 0.29) is 23.2 Å². The molecule has 2 N–H and O–H groups in total. The highest BCUT2D eigenvalue weighted by atomic mass is 32.2. The first-order valence-corrected chi connectivity index (χ1v) is 6.41. The van der Waals surface area contributed by atoms with E-state index in [4.69, 9.17) is 5.73 Å². The monoisotopic (exact) mass is 260 g/mol. The van der Waals surface area contributed by atoms with E-state index in [2.05, 4.69) is 0 Å². The Balaban J connectivity index is 2.84. The highest BCUT2D eigenvalue weighted by Crippen LogP contribution is 2.17. The number of rotatable bonds is 5. The van der Waals surface area contributed by atoms with Gasteiger partial charge in [-0.2, -0.15) is 0 Å². The fraction of sp³-hybridized carbons (Fsp3) is 0.400. The molecule has 0 radical (unpaired) electrons. The minimum absolute atomic E-state index is 0.0696. The lowest BCUT2D eigenvalue weighted by Gasteiger charge is -2.05. The zero-order valence-electron chi connectivity index (χ0n) is 9.26. The lowest BCUT2D eigenvalue weighted by molar-refractivity contribution is -0.385. The first-order chi connectivity index (χ1) is 7.88. The van der Waals surface area contributed by atoms with Gasteiger partial charge in [-0.25, -0.2) is 4.39 Å². The van der Waals surface area contributed by atoms with E-state index >= 15 is 0 Å². The molecule has 0 spiro atoms. The summed E-state index contributed by atoms with van der Waals surface area (Å²) in [7, 11) is -1.25. The Labute approximate surface area is 100 Å². The molecule has 0 bridgehead atoms. The number of halogens is 1. The summed E-state index contributed by atoms with van der Waals surface area (Å²) in [5.74, 6) is -0.350. The number of hydrogen-bond acceptors (Lipinski definition) is 4. The third-order valence-corrected chi connectivity index (χ3v) is 3.48. The van der Waals surface area contributed by atoms with Crippen molar-refractivity contribution in [2.45, 2.75) is 18.7 Å². The molecular formula is C10H13FN2O3S. The highest BCUT2D eigenvalue weighted by Gasteiger charge is 2.12. The van der Waals surface area contributed by atoms with Crippen molar-refractivity contribution in [2.75, 3.05) is 5.75 Å². The maximum Gasteiger partial charge on any atom is 0.272 e. The Morgan fingerprint density at radius 1 is 1.53 bits per heavy atom. The van der Waals surface area contributed by atoms with Crippen LogP contribution in [0.5, 0.6) is 0 Å². The lowest BCUT2D eigenvalue weighted by Crippen LogP contribution is -2.23. The summed E-state index contributed by atoms with van der Waals surface area (Å²) in [6.45, 7) is 1.71. The van der Waals surface area contributed by atoms with E-state index in [9.17, 15) is 18.7 Å². The van der Waals surface area contributed by atoms with Crippen molar-refractivity contribution in [3.8, 4) is 0 Å². The van der Waals surface area contributed by atoms with Gasteiger partial charge in [0.05, 0.1) is 11.0 Å². The molecular weight excluding hydrogens is 247 g/mol. The van der Waals surface area contributed by atoms with Crippen LogP contribution < -0.4 is 5.73 Å². The molecule has 0 saturated carbocycles. The smallest absolute Gasteiger partial charge is 0.272 e. The van der Waals surface area contributed by atoms with Gasteiger partial charge in [0.25, 0.3) is 5.69 Å². The largest absolute Gasteiger partial charge is 0.327 e. The van der Waals surface area contributed by atoms with E-state index in [1.807, 2.05) is 0 Å². The van der Waals surface area contributed by atoms with Crippen molar-refractivity contribution < 1.29 is 13.5 Å². The Kier molecular flexibility index (Phi) is 4.71. The fourth-order valence-corrected chi connectivity index (χ4v) is 2.60. The van der Waals surface area contributed by atoms with Crippen molar-refractivity contribution in [1.29, 1.82) is 0 Å². The van der Waals surface area contributed by atoms with Gasteiger partial charge in [0.2, 0.25) is 0 Å². The molecule has 7 heteroatoms. The normalized spacial score (nSPS) is 14.3. The number of nitro groups is 1. The Bertz CT molecular complexity index is 451. The van der Waals surface area contributed by atoms with Gasteiger partial charge in [-0.1, -0.05) is 0 Å². The minimum Gasteiger partial charge on any atom is -0.327 e. The maximum absolute atomic E-state index is 13.1. The van der Waals surface area contributed by atoms with Crippen molar-refractivity contribution in [1.82, 2.24) is 0 Å². The fourth-order valence-electron chi connectivity index (χ4n) is 1.36. The minimum atomic E-state index is -1.25. The van der Waals surface area contributed by atoms with Crippen LogP contribution in [0.15, 0.2) is 18.2 Å². The molecule has 0 aliphatic heterocycles. The molecule has 1 aromatic rings. The number of nitro benzene ring substituents is 1. The van der Waals surface area contributed by atoms with Crippen LogP contribution in [0.25, 0.3) is 0 Å². The first kappa shape index (κ1) is 13.7. The third kappa shape index (κ3) is 4.58. The van der Waals surface area contributed by atoms with Crippen LogP contribution in [0.1, 0.15) is 12.5 Å². The molecule has 0 heterocycles. The average molecular weight is 260 g/mol. The SMILES string of the molecule is CC(N)CS(=O)Cc1cc(F)cc([N+](=O)[O-])c1. The van der Waals surface area contributed by atoms with E-state index in [0.717, 1.165) is 12.1 Å². The Hall–Kier alpha value is -1.34. The third-order valence-electron chi connectivity index (χ3n) is 1.93. The molecule has 2 atom stereocenters. The molecule has 17 heavy (non-hydrogen) atoms. The number of benzene rings is 1. The van der Waals surface area contributed by atoms with Crippen LogP contribution in [-0.2, 0) is 16.6 Å².